The van der Waals surface area contributed by atoms with Crippen LogP contribution in [0.4, 0.5) is 0 Å². The molecule has 0 N–H and O–H groups in total. The quantitative estimate of drug-likeness (QED) is 0.780. The highest BCUT2D eigenvalue weighted by atomic mass is 16.2. The average molecular weight is 392 g/mol. The molecule has 0 aromatic heterocycles. The summed E-state index contributed by atoms with van der Waals surface area (Å²) >= 11 is 0. The Morgan fingerprint density at radius 3 is 2.21 bits per heavy atom. The van der Waals surface area contributed by atoms with Gasteiger partial charge in [0, 0.05) is 45.8 Å². The SMILES string of the molecule is Cc1ccc(CN2CCCC(C(=O)N3CCN(Cc4ccccc4)CC3)C2)cc1. The largest absolute Gasteiger partial charge is 0.340 e. The van der Waals surface area contributed by atoms with Gasteiger partial charge in [0.05, 0.1) is 5.92 Å². The molecule has 2 fully saturated rings. The fourth-order valence-corrected chi connectivity index (χ4v) is 4.58. The minimum Gasteiger partial charge on any atom is -0.340 e. The lowest BCUT2D eigenvalue weighted by molar-refractivity contribution is -0.139. The van der Waals surface area contributed by atoms with E-state index in [1.165, 1.54) is 16.7 Å². The van der Waals surface area contributed by atoms with Crippen LogP contribution in [0.3, 0.4) is 0 Å². The normalized spacial score (nSPS) is 21.3. The lowest BCUT2D eigenvalue weighted by Crippen LogP contribution is -2.52. The molecule has 1 unspecified atom stereocenters. The maximum atomic E-state index is 13.1. The Balaban J connectivity index is 1.26. The number of benzene rings is 2. The molecule has 2 aliphatic heterocycles. The van der Waals surface area contributed by atoms with Crippen molar-refractivity contribution >= 4 is 5.91 Å². The zero-order valence-corrected chi connectivity index (χ0v) is 17.6. The Kier molecular flexibility index (Phi) is 6.63. The van der Waals surface area contributed by atoms with Gasteiger partial charge in [-0.3, -0.25) is 14.6 Å². The summed E-state index contributed by atoms with van der Waals surface area (Å²) in [5.41, 5.74) is 4.00. The van der Waals surface area contributed by atoms with E-state index >= 15 is 0 Å². The van der Waals surface area contributed by atoms with Crippen molar-refractivity contribution in [2.45, 2.75) is 32.9 Å². The van der Waals surface area contributed by atoms with Gasteiger partial charge in [0.25, 0.3) is 0 Å². The second kappa shape index (κ2) is 9.55. The highest BCUT2D eigenvalue weighted by molar-refractivity contribution is 5.79. The number of rotatable bonds is 5. The molecule has 29 heavy (non-hydrogen) atoms. The molecule has 0 radical (unpaired) electrons. The fourth-order valence-electron chi connectivity index (χ4n) is 4.58. The van der Waals surface area contributed by atoms with Crippen LogP contribution in [0.2, 0.25) is 0 Å². The summed E-state index contributed by atoms with van der Waals surface area (Å²) in [7, 11) is 0. The van der Waals surface area contributed by atoms with E-state index < -0.39 is 0 Å². The van der Waals surface area contributed by atoms with Crippen molar-refractivity contribution in [3.05, 3.63) is 71.3 Å². The first-order valence-electron chi connectivity index (χ1n) is 11.0. The van der Waals surface area contributed by atoms with Crippen molar-refractivity contribution in [2.24, 2.45) is 5.92 Å². The van der Waals surface area contributed by atoms with Gasteiger partial charge < -0.3 is 4.90 Å². The van der Waals surface area contributed by atoms with E-state index in [2.05, 4.69) is 76.2 Å². The second-order valence-corrected chi connectivity index (χ2v) is 8.65. The van der Waals surface area contributed by atoms with E-state index in [0.717, 1.165) is 65.2 Å². The number of nitrogens with zero attached hydrogens (tertiary/aromatic N) is 3. The van der Waals surface area contributed by atoms with E-state index in [0.29, 0.717) is 5.91 Å². The lowest BCUT2D eigenvalue weighted by Gasteiger charge is -2.39. The molecule has 2 aromatic carbocycles. The number of likely N-dealkylation sites (tertiary alicyclic amines) is 1. The first-order valence-corrected chi connectivity index (χ1v) is 11.0. The lowest BCUT2D eigenvalue weighted by atomic mass is 9.95. The number of carbonyl (C=O) groups is 1. The summed E-state index contributed by atoms with van der Waals surface area (Å²) in [5.74, 6) is 0.535. The van der Waals surface area contributed by atoms with Crippen LogP contribution in [-0.4, -0.2) is 59.9 Å². The van der Waals surface area contributed by atoms with Crippen molar-refractivity contribution in [1.82, 2.24) is 14.7 Å². The van der Waals surface area contributed by atoms with Gasteiger partial charge in [-0.1, -0.05) is 60.2 Å². The molecule has 1 amide bonds. The van der Waals surface area contributed by atoms with Crippen molar-refractivity contribution in [3.8, 4) is 0 Å². The highest BCUT2D eigenvalue weighted by Gasteiger charge is 2.31. The van der Waals surface area contributed by atoms with E-state index in [9.17, 15) is 4.79 Å². The topological polar surface area (TPSA) is 26.8 Å². The molecule has 2 aromatic rings. The minimum atomic E-state index is 0.162. The number of piperazine rings is 1. The fraction of sp³-hybridized carbons (Fsp3) is 0.480. The monoisotopic (exact) mass is 391 g/mol. The predicted molar refractivity (Wildman–Crippen MR) is 117 cm³/mol. The van der Waals surface area contributed by atoms with Gasteiger partial charge in [-0.15, -0.1) is 0 Å². The molecule has 0 bridgehead atoms. The maximum absolute atomic E-state index is 13.1. The van der Waals surface area contributed by atoms with Gasteiger partial charge >= 0.3 is 0 Å². The van der Waals surface area contributed by atoms with Gasteiger partial charge in [-0.2, -0.15) is 0 Å². The number of aryl methyl sites for hydroxylation is 1. The molecule has 0 saturated carbocycles. The van der Waals surface area contributed by atoms with Gasteiger partial charge in [-0.05, 0) is 37.4 Å². The molecule has 2 heterocycles. The van der Waals surface area contributed by atoms with Crippen molar-refractivity contribution in [3.63, 3.8) is 0 Å². The first kappa shape index (κ1) is 20.1. The van der Waals surface area contributed by atoms with E-state index in [1.807, 2.05) is 0 Å². The molecule has 0 spiro atoms. The Bertz CT molecular complexity index is 781. The third-order valence-corrected chi connectivity index (χ3v) is 6.31. The standard InChI is InChI=1S/C25H33N3O/c1-21-9-11-23(12-10-21)19-27-13-5-8-24(20-27)25(29)28-16-14-26(15-17-28)18-22-6-3-2-4-7-22/h2-4,6-7,9-12,24H,5,8,13-20H2,1H3. The van der Waals surface area contributed by atoms with Crippen LogP contribution in [-0.2, 0) is 17.9 Å². The average Bonchev–Trinajstić information content (AvgIpc) is 2.76. The van der Waals surface area contributed by atoms with Crippen LogP contribution in [0.25, 0.3) is 0 Å². The molecule has 154 valence electrons. The summed E-state index contributed by atoms with van der Waals surface area (Å²) in [6, 6.07) is 19.4. The molecule has 4 nitrogen and oxygen atoms in total. The summed E-state index contributed by atoms with van der Waals surface area (Å²) in [5, 5.41) is 0. The van der Waals surface area contributed by atoms with Gasteiger partial charge in [-0.25, -0.2) is 0 Å². The third-order valence-electron chi connectivity index (χ3n) is 6.31. The molecule has 4 heteroatoms. The van der Waals surface area contributed by atoms with Crippen molar-refractivity contribution in [1.29, 1.82) is 0 Å². The molecular formula is C25H33N3O. The van der Waals surface area contributed by atoms with E-state index in [-0.39, 0.29) is 5.92 Å². The molecule has 4 rings (SSSR count). The second-order valence-electron chi connectivity index (χ2n) is 8.65. The summed E-state index contributed by atoms with van der Waals surface area (Å²) in [4.78, 5) is 20.2. The number of piperidine rings is 1. The zero-order chi connectivity index (χ0) is 20.1. The molecule has 2 aliphatic rings. The van der Waals surface area contributed by atoms with Crippen LogP contribution >= 0.6 is 0 Å². The predicted octanol–water partition coefficient (Wildman–Crippen LogP) is 3.55. The Morgan fingerprint density at radius 1 is 0.828 bits per heavy atom. The third kappa shape index (κ3) is 5.46. The number of hydrogen-bond donors (Lipinski definition) is 0. The number of amides is 1. The summed E-state index contributed by atoms with van der Waals surface area (Å²) < 4.78 is 0. The van der Waals surface area contributed by atoms with Gasteiger partial charge in [0.15, 0.2) is 0 Å². The van der Waals surface area contributed by atoms with E-state index in [4.69, 9.17) is 0 Å². The smallest absolute Gasteiger partial charge is 0.227 e. The van der Waals surface area contributed by atoms with Crippen LogP contribution < -0.4 is 0 Å². The maximum Gasteiger partial charge on any atom is 0.227 e. The van der Waals surface area contributed by atoms with Gasteiger partial charge in [0.2, 0.25) is 5.91 Å². The minimum absolute atomic E-state index is 0.162. The molecule has 0 aliphatic carbocycles. The van der Waals surface area contributed by atoms with Crippen LogP contribution in [0, 0.1) is 12.8 Å². The van der Waals surface area contributed by atoms with Crippen LogP contribution in [0.5, 0.6) is 0 Å². The van der Waals surface area contributed by atoms with Crippen molar-refractivity contribution < 1.29 is 4.79 Å². The van der Waals surface area contributed by atoms with Crippen molar-refractivity contribution in [2.75, 3.05) is 39.3 Å². The number of hydrogen-bond acceptors (Lipinski definition) is 3. The Morgan fingerprint density at radius 2 is 1.48 bits per heavy atom. The molecule has 2 saturated heterocycles. The molecule has 1 atom stereocenters. The van der Waals surface area contributed by atoms with Crippen LogP contribution in [0.1, 0.15) is 29.5 Å². The zero-order valence-electron chi connectivity index (χ0n) is 17.6. The highest BCUT2D eigenvalue weighted by Crippen LogP contribution is 2.22. The number of carbonyl (C=O) groups excluding carboxylic acids is 1. The molecular weight excluding hydrogens is 358 g/mol. The van der Waals surface area contributed by atoms with Gasteiger partial charge in [0.1, 0.15) is 0 Å². The Hall–Kier alpha value is -2.17. The van der Waals surface area contributed by atoms with Crippen LogP contribution in [0.15, 0.2) is 54.6 Å². The summed E-state index contributed by atoms with van der Waals surface area (Å²) in [6.07, 6.45) is 2.16. The Labute approximate surface area is 175 Å². The first-order chi connectivity index (χ1) is 14.2. The summed E-state index contributed by atoms with van der Waals surface area (Å²) in [6.45, 7) is 9.73. The van der Waals surface area contributed by atoms with E-state index in [1.54, 1.807) is 0 Å².